The Morgan fingerprint density at radius 3 is 2.86 bits per heavy atom. The van der Waals surface area contributed by atoms with Gasteiger partial charge in [0.25, 0.3) is 0 Å². The van der Waals surface area contributed by atoms with Gasteiger partial charge in [0.15, 0.2) is 0 Å². The summed E-state index contributed by atoms with van der Waals surface area (Å²) in [5.41, 5.74) is 0. The number of rotatable bonds is 5. The summed E-state index contributed by atoms with van der Waals surface area (Å²) >= 11 is 1.68. The van der Waals surface area contributed by atoms with Gasteiger partial charge in [-0.15, -0.1) is 11.3 Å². The molecule has 0 saturated heterocycles. The number of hydrogen-bond acceptors (Lipinski definition) is 3. The standard InChI is InChI=1S/C10H15NO2S/c1-7(10(12)13)6-11-8(2)9-4-3-5-14-9/h3-5,7-8,11H,6H2,1-2H3,(H,12,13)/t7?,8-/m1/s1. The van der Waals surface area contributed by atoms with E-state index < -0.39 is 5.97 Å². The number of aliphatic carboxylic acids is 1. The Balaban J connectivity index is 2.35. The van der Waals surface area contributed by atoms with E-state index in [4.69, 9.17) is 5.11 Å². The predicted molar refractivity (Wildman–Crippen MR) is 57.5 cm³/mol. The molecule has 0 fully saturated rings. The van der Waals surface area contributed by atoms with Gasteiger partial charge < -0.3 is 10.4 Å². The number of carbonyl (C=O) groups is 1. The smallest absolute Gasteiger partial charge is 0.307 e. The van der Waals surface area contributed by atoms with E-state index >= 15 is 0 Å². The largest absolute Gasteiger partial charge is 0.481 e. The van der Waals surface area contributed by atoms with Crippen LogP contribution < -0.4 is 5.32 Å². The monoisotopic (exact) mass is 213 g/mol. The van der Waals surface area contributed by atoms with E-state index in [1.54, 1.807) is 18.3 Å². The first kappa shape index (κ1) is 11.2. The Bertz CT molecular complexity index is 284. The van der Waals surface area contributed by atoms with Crippen LogP contribution in [0.25, 0.3) is 0 Å². The quantitative estimate of drug-likeness (QED) is 0.787. The molecule has 2 atom stereocenters. The molecule has 3 nitrogen and oxygen atoms in total. The van der Waals surface area contributed by atoms with Crippen molar-refractivity contribution < 1.29 is 9.90 Å². The van der Waals surface area contributed by atoms with Crippen LogP contribution >= 0.6 is 11.3 Å². The molecule has 0 aliphatic carbocycles. The molecular weight excluding hydrogens is 198 g/mol. The lowest BCUT2D eigenvalue weighted by Crippen LogP contribution is -2.28. The summed E-state index contributed by atoms with van der Waals surface area (Å²) in [6.07, 6.45) is 0. The lowest BCUT2D eigenvalue weighted by molar-refractivity contribution is -0.140. The zero-order valence-corrected chi connectivity index (χ0v) is 9.17. The molecule has 2 N–H and O–H groups in total. The van der Waals surface area contributed by atoms with Crippen LogP contribution in [0, 0.1) is 5.92 Å². The molecular formula is C10H15NO2S. The molecule has 0 radical (unpaired) electrons. The van der Waals surface area contributed by atoms with Crippen molar-refractivity contribution in [2.24, 2.45) is 5.92 Å². The first-order chi connectivity index (χ1) is 6.61. The summed E-state index contributed by atoms with van der Waals surface area (Å²) in [7, 11) is 0. The van der Waals surface area contributed by atoms with E-state index in [0.717, 1.165) is 0 Å². The maximum atomic E-state index is 10.6. The molecule has 0 amide bonds. The molecule has 1 heterocycles. The highest BCUT2D eigenvalue weighted by atomic mass is 32.1. The lowest BCUT2D eigenvalue weighted by atomic mass is 10.1. The molecule has 78 valence electrons. The van der Waals surface area contributed by atoms with Gasteiger partial charge in [0.05, 0.1) is 5.92 Å². The Hall–Kier alpha value is -0.870. The average molecular weight is 213 g/mol. The fraction of sp³-hybridized carbons (Fsp3) is 0.500. The third kappa shape index (κ3) is 3.12. The van der Waals surface area contributed by atoms with Gasteiger partial charge in [0, 0.05) is 17.5 Å². The molecule has 1 aromatic heterocycles. The van der Waals surface area contributed by atoms with Crippen molar-refractivity contribution in [2.45, 2.75) is 19.9 Å². The van der Waals surface area contributed by atoms with Crippen molar-refractivity contribution in [2.75, 3.05) is 6.54 Å². The minimum atomic E-state index is -0.754. The van der Waals surface area contributed by atoms with Crippen LogP contribution in [-0.4, -0.2) is 17.6 Å². The third-order valence-corrected chi connectivity index (χ3v) is 3.18. The first-order valence-corrected chi connectivity index (χ1v) is 5.49. The summed E-state index contributed by atoms with van der Waals surface area (Å²) in [4.78, 5) is 11.8. The summed E-state index contributed by atoms with van der Waals surface area (Å²) in [6.45, 7) is 4.26. The first-order valence-electron chi connectivity index (χ1n) is 4.61. The Morgan fingerprint density at radius 1 is 1.64 bits per heavy atom. The summed E-state index contributed by atoms with van der Waals surface area (Å²) in [6, 6.07) is 4.28. The molecule has 14 heavy (non-hydrogen) atoms. The van der Waals surface area contributed by atoms with Crippen LogP contribution in [0.1, 0.15) is 24.8 Å². The van der Waals surface area contributed by atoms with Crippen LogP contribution in [-0.2, 0) is 4.79 Å². The van der Waals surface area contributed by atoms with Crippen molar-refractivity contribution in [3.05, 3.63) is 22.4 Å². The number of hydrogen-bond donors (Lipinski definition) is 2. The second-order valence-corrected chi connectivity index (χ2v) is 4.36. The highest BCUT2D eigenvalue weighted by Crippen LogP contribution is 2.18. The molecule has 1 unspecified atom stereocenters. The molecule has 0 saturated carbocycles. The van der Waals surface area contributed by atoms with Crippen LogP contribution in [0.15, 0.2) is 17.5 Å². The summed E-state index contributed by atoms with van der Waals surface area (Å²) in [5, 5.41) is 13.9. The normalized spacial score (nSPS) is 15.0. The van der Waals surface area contributed by atoms with Gasteiger partial charge in [-0.1, -0.05) is 13.0 Å². The van der Waals surface area contributed by atoms with E-state index in [0.29, 0.717) is 6.54 Å². The molecule has 0 aromatic carbocycles. The predicted octanol–water partition coefficient (Wildman–Crippen LogP) is 2.12. The number of thiophene rings is 1. The lowest BCUT2D eigenvalue weighted by Gasteiger charge is -2.13. The van der Waals surface area contributed by atoms with Crippen molar-refractivity contribution in [3.63, 3.8) is 0 Å². The Morgan fingerprint density at radius 2 is 2.36 bits per heavy atom. The van der Waals surface area contributed by atoms with E-state index in [1.165, 1.54) is 4.88 Å². The zero-order valence-electron chi connectivity index (χ0n) is 8.36. The number of nitrogens with one attached hydrogen (secondary N) is 1. The Labute approximate surface area is 87.8 Å². The average Bonchev–Trinajstić information content (AvgIpc) is 2.66. The molecule has 1 rings (SSSR count). The Kier molecular flexibility index (Phi) is 4.10. The number of carboxylic acids is 1. The van der Waals surface area contributed by atoms with Gasteiger partial charge in [-0.3, -0.25) is 4.79 Å². The van der Waals surface area contributed by atoms with Gasteiger partial charge in [-0.05, 0) is 18.4 Å². The summed E-state index contributed by atoms with van der Waals surface area (Å²) in [5.74, 6) is -1.09. The second kappa shape index (κ2) is 5.12. The zero-order chi connectivity index (χ0) is 10.6. The van der Waals surface area contributed by atoms with Gasteiger partial charge in [0.1, 0.15) is 0 Å². The topological polar surface area (TPSA) is 49.3 Å². The fourth-order valence-corrected chi connectivity index (χ4v) is 1.84. The van der Waals surface area contributed by atoms with Crippen LogP contribution in [0.3, 0.4) is 0 Å². The van der Waals surface area contributed by atoms with Gasteiger partial charge in [-0.25, -0.2) is 0 Å². The molecule has 1 aromatic rings. The highest BCUT2D eigenvalue weighted by molar-refractivity contribution is 7.10. The van der Waals surface area contributed by atoms with Crippen molar-refractivity contribution in [3.8, 4) is 0 Å². The number of carboxylic acid groups (broad SMARTS) is 1. The van der Waals surface area contributed by atoms with E-state index in [-0.39, 0.29) is 12.0 Å². The van der Waals surface area contributed by atoms with Gasteiger partial charge in [0.2, 0.25) is 0 Å². The van der Waals surface area contributed by atoms with Crippen molar-refractivity contribution >= 4 is 17.3 Å². The van der Waals surface area contributed by atoms with E-state index in [2.05, 4.69) is 5.32 Å². The van der Waals surface area contributed by atoms with Crippen LogP contribution in [0.4, 0.5) is 0 Å². The van der Waals surface area contributed by atoms with E-state index in [1.807, 2.05) is 24.4 Å². The summed E-state index contributed by atoms with van der Waals surface area (Å²) < 4.78 is 0. The van der Waals surface area contributed by atoms with Gasteiger partial charge in [-0.2, -0.15) is 0 Å². The minimum Gasteiger partial charge on any atom is -0.481 e. The van der Waals surface area contributed by atoms with Crippen molar-refractivity contribution in [1.82, 2.24) is 5.32 Å². The second-order valence-electron chi connectivity index (χ2n) is 3.38. The van der Waals surface area contributed by atoms with Gasteiger partial charge >= 0.3 is 5.97 Å². The maximum Gasteiger partial charge on any atom is 0.307 e. The van der Waals surface area contributed by atoms with Crippen molar-refractivity contribution in [1.29, 1.82) is 0 Å². The van der Waals surface area contributed by atoms with E-state index in [9.17, 15) is 4.79 Å². The molecule has 0 bridgehead atoms. The highest BCUT2D eigenvalue weighted by Gasteiger charge is 2.12. The SMILES string of the molecule is CC(CN[C@H](C)c1cccs1)C(=O)O. The van der Waals surface area contributed by atoms with Crippen LogP contribution in [0.5, 0.6) is 0 Å². The molecule has 4 heteroatoms. The molecule has 0 aliphatic heterocycles. The third-order valence-electron chi connectivity index (χ3n) is 2.12. The fourth-order valence-electron chi connectivity index (χ4n) is 1.08. The maximum absolute atomic E-state index is 10.6. The molecule has 0 aliphatic rings. The molecule has 0 spiro atoms. The van der Waals surface area contributed by atoms with Crippen LogP contribution in [0.2, 0.25) is 0 Å². The minimum absolute atomic E-state index is 0.233.